The third-order valence-corrected chi connectivity index (χ3v) is 6.25. The molecular weight excluding hydrogens is 294 g/mol. The van der Waals surface area contributed by atoms with Crippen molar-refractivity contribution in [1.29, 1.82) is 0 Å². The van der Waals surface area contributed by atoms with Gasteiger partial charge in [-0.25, -0.2) is 8.42 Å². The molecule has 0 amide bonds. The number of rotatable bonds is 6. The Balaban J connectivity index is 2.10. The number of allylic oxidation sites excluding steroid dienone is 1. The van der Waals surface area contributed by atoms with Crippen LogP contribution in [-0.2, 0) is 10.0 Å². The number of benzene rings is 1. The zero-order valence-corrected chi connectivity index (χ0v) is 14.7. The minimum Gasteiger partial charge on any atom is -0.207 e. The summed E-state index contributed by atoms with van der Waals surface area (Å²) in [6.45, 7) is 6.70. The van der Waals surface area contributed by atoms with Gasteiger partial charge in [-0.15, -0.1) is 0 Å². The molecule has 1 heterocycles. The van der Waals surface area contributed by atoms with Gasteiger partial charge in [0.25, 0.3) is 0 Å². The summed E-state index contributed by atoms with van der Waals surface area (Å²) < 4.78 is 27.2. The van der Waals surface area contributed by atoms with Crippen LogP contribution in [0.4, 0.5) is 0 Å². The lowest BCUT2D eigenvalue weighted by Gasteiger charge is -2.20. The Labute approximate surface area is 135 Å². The smallest absolute Gasteiger partial charge is 0.207 e. The Morgan fingerprint density at radius 1 is 1.23 bits per heavy atom. The zero-order chi connectivity index (χ0) is 16.2. The van der Waals surface area contributed by atoms with Crippen LogP contribution < -0.4 is 0 Å². The molecule has 2 rings (SSSR count). The van der Waals surface area contributed by atoms with Crippen LogP contribution in [-0.4, -0.2) is 25.3 Å². The molecule has 1 fully saturated rings. The van der Waals surface area contributed by atoms with Crippen LogP contribution in [0.25, 0.3) is 0 Å². The molecule has 0 bridgehead atoms. The summed E-state index contributed by atoms with van der Waals surface area (Å²) in [4.78, 5) is 0.400. The van der Waals surface area contributed by atoms with E-state index in [4.69, 9.17) is 0 Å². The first kappa shape index (κ1) is 17.2. The van der Waals surface area contributed by atoms with E-state index in [0.717, 1.165) is 18.4 Å². The molecule has 1 aromatic rings. The summed E-state index contributed by atoms with van der Waals surface area (Å²) in [7, 11) is -3.38. The molecule has 0 aromatic heterocycles. The van der Waals surface area contributed by atoms with E-state index in [-0.39, 0.29) is 6.04 Å². The number of unbranched alkanes of at least 4 members (excludes halogenated alkanes) is 3. The van der Waals surface area contributed by atoms with Gasteiger partial charge >= 0.3 is 0 Å². The summed E-state index contributed by atoms with van der Waals surface area (Å²) in [5.74, 6) is 0. The van der Waals surface area contributed by atoms with Crippen molar-refractivity contribution in [2.45, 2.75) is 63.8 Å². The molecule has 1 atom stereocenters. The average molecular weight is 321 g/mol. The van der Waals surface area contributed by atoms with E-state index in [1.165, 1.54) is 24.8 Å². The molecule has 4 heteroatoms. The fourth-order valence-corrected chi connectivity index (χ4v) is 4.55. The van der Waals surface area contributed by atoms with E-state index in [9.17, 15) is 8.42 Å². The predicted octanol–water partition coefficient (Wildman–Crippen LogP) is 4.28. The number of nitrogens with zero attached hydrogens (tertiary/aromatic N) is 1. The standard InChI is InChI=1S/C18H27NO2S/c1-4-5-6-7-8-17-13-16(3)19(14-17)22(20,21)18-11-9-15(2)10-12-18/h8-12,16H,4-7,13-14H2,1-3H3/b17-8+. The van der Waals surface area contributed by atoms with Crippen molar-refractivity contribution in [3.8, 4) is 0 Å². The van der Waals surface area contributed by atoms with Crippen LogP contribution in [0.5, 0.6) is 0 Å². The van der Waals surface area contributed by atoms with Crippen LogP contribution in [0, 0.1) is 6.92 Å². The quantitative estimate of drug-likeness (QED) is 0.579. The third kappa shape index (κ3) is 3.99. The maximum Gasteiger partial charge on any atom is 0.243 e. The number of sulfonamides is 1. The van der Waals surface area contributed by atoms with Crippen LogP contribution in [0.15, 0.2) is 40.8 Å². The van der Waals surface area contributed by atoms with Gasteiger partial charge in [0, 0.05) is 12.6 Å². The van der Waals surface area contributed by atoms with Gasteiger partial charge in [-0.2, -0.15) is 4.31 Å². The van der Waals surface area contributed by atoms with Crippen molar-refractivity contribution in [3.63, 3.8) is 0 Å². The van der Waals surface area contributed by atoms with Crippen molar-refractivity contribution < 1.29 is 8.42 Å². The second-order valence-electron chi connectivity index (χ2n) is 6.27. The molecule has 1 aromatic carbocycles. The van der Waals surface area contributed by atoms with E-state index in [0.29, 0.717) is 11.4 Å². The molecule has 0 radical (unpaired) electrons. The molecule has 1 unspecified atom stereocenters. The maximum absolute atomic E-state index is 12.8. The number of hydrogen-bond acceptors (Lipinski definition) is 2. The second-order valence-corrected chi connectivity index (χ2v) is 8.17. The normalized spacial score (nSPS) is 21.6. The first-order valence-corrected chi connectivity index (χ1v) is 9.65. The van der Waals surface area contributed by atoms with Gasteiger partial charge in [-0.1, -0.05) is 49.1 Å². The van der Waals surface area contributed by atoms with E-state index >= 15 is 0 Å². The fraction of sp³-hybridized carbons (Fsp3) is 0.556. The van der Waals surface area contributed by atoms with Gasteiger partial charge in [0.2, 0.25) is 10.0 Å². The highest BCUT2D eigenvalue weighted by molar-refractivity contribution is 7.89. The van der Waals surface area contributed by atoms with Crippen LogP contribution >= 0.6 is 0 Å². The van der Waals surface area contributed by atoms with Crippen molar-refractivity contribution in [3.05, 3.63) is 41.5 Å². The molecule has 1 aliphatic heterocycles. The van der Waals surface area contributed by atoms with Gasteiger partial charge in [-0.3, -0.25) is 0 Å². The predicted molar refractivity (Wildman–Crippen MR) is 91.4 cm³/mol. The monoisotopic (exact) mass is 321 g/mol. The van der Waals surface area contributed by atoms with Crippen LogP contribution in [0.3, 0.4) is 0 Å². The lowest BCUT2D eigenvalue weighted by molar-refractivity contribution is 0.409. The molecule has 3 nitrogen and oxygen atoms in total. The molecule has 0 spiro atoms. The summed E-state index contributed by atoms with van der Waals surface area (Å²) in [5.41, 5.74) is 2.34. The van der Waals surface area contributed by atoms with Gasteiger partial charge in [0.05, 0.1) is 4.90 Å². The zero-order valence-electron chi connectivity index (χ0n) is 13.9. The van der Waals surface area contributed by atoms with E-state index in [1.807, 2.05) is 26.0 Å². The molecule has 0 N–H and O–H groups in total. The summed E-state index contributed by atoms with van der Waals surface area (Å²) >= 11 is 0. The van der Waals surface area contributed by atoms with Gasteiger partial charge in [-0.05, 0) is 45.2 Å². The number of hydrogen-bond donors (Lipinski definition) is 0. The molecular formula is C18H27NO2S. The van der Waals surface area contributed by atoms with Crippen LogP contribution in [0.2, 0.25) is 0 Å². The minimum atomic E-state index is -3.38. The van der Waals surface area contributed by atoms with Crippen molar-refractivity contribution in [2.24, 2.45) is 0 Å². The summed E-state index contributed by atoms with van der Waals surface area (Å²) in [6.07, 6.45) is 7.82. The Kier molecular flexibility index (Phi) is 5.81. The van der Waals surface area contributed by atoms with Crippen molar-refractivity contribution in [1.82, 2.24) is 4.31 Å². The highest BCUT2D eigenvalue weighted by Gasteiger charge is 2.34. The third-order valence-electron chi connectivity index (χ3n) is 4.28. The Morgan fingerprint density at radius 3 is 2.55 bits per heavy atom. The first-order valence-electron chi connectivity index (χ1n) is 8.21. The lowest BCUT2D eigenvalue weighted by atomic mass is 10.1. The molecule has 122 valence electrons. The van der Waals surface area contributed by atoms with E-state index in [2.05, 4.69) is 13.0 Å². The Hall–Kier alpha value is -1.13. The SMILES string of the molecule is CCCCC/C=C1\CC(C)N(S(=O)(=O)c2ccc(C)cc2)C1. The topological polar surface area (TPSA) is 37.4 Å². The maximum atomic E-state index is 12.8. The fourth-order valence-electron chi connectivity index (χ4n) is 2.92. The van der Waals surface area contributed by atoms with Crippen molar-refractivity contribution >= 4 is 10.0 Å². The van der Waals surface area contributed by atoms with Gasteiger partial charge in [0.1, 0.15) is 0 Å². The highest BCUT2D eigenvalue weighted by Crippen LogP contribution is 2.29. The van der Waals surface area contributed by atoms with Crippen LogP contribution in [0.1, 0.15) is 51.5 Å². The molecule has 0 aliphatic carbocycles. The Morgan fingerprint density at radius 2 is 1.91 bits per heavy atom. The molecule has 22 heavy (non-hydrogen) atoms. The number of aryl methyl sites for hydroxylation is 1. The minimum absolute atomic E-state index is 0.0451. The summed E-state index contributed by atoms with van der Waals surface area (Å²) in [5, 5.41) is 0. The average Bonchev–Trinajstić information content (AvgIpc) is 2.86. The molecule has 1 aliphatic rings. The van der Waals surface area contributed by atoms with E-state index in [1.54, 1.807) is 16.4 Å². The largest absolute Gasteiger partial charge is 0.243 e. The highest BCUT2D eigenvalue weighted by atomic mass is 32.2. The molecule has 0 saturated carbocycles. The van der Waals surface area contributed by atoms with Crippen molar-refractivity contribution in [2.75, 3.05) is 6.54 Å². The Bertz CT molecular complexity index is 617. The van der Waals surface area contributed by atoms with Gasteiger partial charge in [0.15, 0.2) is 0 Å². The first-order chi connectivity index (χ1) is 10.4. The lowest BCUT2D eigenvalue weighted by Crippen LogP contribution is -2.33. The molecule has 1 saturated heterocycles. The van der Waals surface area contributed by atoms with E-state index < -0.39 is 10.0 Å². The summed E-state index contributed by atoms with van der Waals surface area (Å²) in [6, 6.07) is 7.18. The second kappa shape index (κ2) is 7.42. The van der Waals surface area contributed by atoms with Gasteiger partial charge < -0.3 is 0 Å².